The molecule has 1 amide bonds. The molecule has 7 heteroatoms. The zero-order valence-electron chi connectivity index (χ0n) is 13.3. The van der Waals surface area contributed by atoms with E-state index in [1.807, 2.05) is 0 Å². The summed E-state index contributed by atoms with van der Waals surface area (Å²) in [6.45, 7) is 4.82. The number of aliphatic hydroxyl groups excluding tert-OH is 1. The Balaban J connectivity index is 1.80. The van der Waals surface area contributed by atoms with Crippen LogP contribution in [-0.4, -0.2) is 41.2 Å². The lowest BCUT2D eigenvalue weighted by Gasteiger charge is -2.29. The molecule has 2 aromatic heterocycles. The van der Waals surface area contributed by atoms with Crippen LogP contribution in [0, 0.1) is 0 Å². The van der Waals surface area contributed by atoms with Gasteiger partial charge in [-0.15, -0.1) is 0 Å². The molecule has 1 unspecified atom stereocenters. The molecule has 0 bridgehead atoms. The van der Waals surface area contributed by atoms with Crippen molar-refractivity contribution in [1.29, 1.82) is 0 Å². The van der Waals surface area contributed by atoms with Crippen LogP contribution >= 0.6 is 22.7 Å². The Morgan fingerprint density at radius 1 is 1.57 bits per heavy atom. The molecule has 0 spiro atoms. The fourth-order valence-corrected chi connectivity index (χ4v) is 4.82. The smallest absolute Gasteiger partial charge is 0.243 e. The molecule has 0 aliphatic carbocycles. The monoisotopic (exact) mass is 351 g/mol. The van der Waals surface area contributed by atoms with Crippen molar-refractivity contribution in [1.82, 2.24) is 10.3 Å². The number of carbonyl (C=O) groups is 1. The van der Waals surface area contributed by atoms with E-state index < -0.39 is 0 Å². The highest BCUT2D eigenvalue weighted by Gasteiger charge is 2.38. The number of amides is 1. The van der Waals surface area contributed by atoms with Crippen molar-refractivity contribution < 1.29 is 9.90 Å². The van der Waals surface area contributed by atoms with Gasteiger partial charge in [0.2, 0.25) is 5.91 Å². The van der Waals surface area contributed by atoms with Gasteiger partial charge in [-0.25, -0.2) is 4.98 Å². The molecule has 23 heavy (non-hydrogen) atoms. The molecule has 1 aliphatic rings. The number of carbonyl (C=O) groups excluding carboxylic acids is 1. The highest BCUT2D eigenvalue weighted by atomic mass is 32.1. The van der Waals surface area contributed by atoms with Crippen molar-refractivity contribution in [3.63, 3.8) is 0 Å². The van der Waals surface area contributed by atoms with Crippen LogP contribution in [-0.2, 0) is 11.2 Å². The summed E-state index contributed by atoms with van der Waals surface area (Å²) in [5.41, 5.74) is 2.18. The molecular formula is C16H21N3O2S2. The quantitative estimate of drug-likeness (QED) is 0.785. The molecule has 2 N–H and O–H groups in total. The van der Waals surface area contributed by atoms with E-state index in [0.29, 0.717) is 19.4 Å². The number of nitrogens with one attached hydrogen (secondary N) is 1. The standard InChI is InChI=1S/C16H21N3O2S2/c1-10(2)19-13(14(21)17-5-3-6-20)8-12-16(19)23-15(18-12)11-4-7-22-9-11/h4,7,9-10,13,20H,3,5-6,8H2,1-2H3,(H,17,21). The van der Waals surface area contributed by atoms with Gasteiger partial charge >= 0.3 is 0 Å². The lowest BCUT2D eigenvalue weighted by molar-refractivity contribution is -0.122. The fourth-order valence-electron chi connectivity index (χ4n) is 2.83. The Kier molecular flexibility index (Phi) is 4.99. The minimum absolute atomic E-state index is 0.0226. The molecule has 0 radical (unpaired) electrons. The first-order chi connectivity index (χ1) is 11.1. The molecule has 2 aromatic rings. The topological polar surface area (TPSA) is 65.5 Å². The predicted octanol–water partition coefficient (Wildman–Crippen LogP) is 2.51. The Labute approximate surface area is 144 Å². The summed E-state index contributed by atoms with van der Waals surface area (Å²) in [5, 5.41) is 18.1. The molecule has 1 atom stereocenters. The van der Waals surface area contributed by atoms with Crippen LogP contribution in [0.3, 0.4) is 0 Å². The van der Waals surface area contributed by atoms with Gasteiger partial charge in [0.1, 0.15) is 16.1 Å². The number of anilines is 1. The van der Waals surface area contributed by atoms with Crippen molar-refractivity contribution in [2.45, 2.75) is 38.8 Å². The van der Waals surface area contributed by atoms with E-state index in [-0.39, 0.29) is 24.6 Å². The first-order valence-corrected chi connectivity index (χ1v) is 9.57. The molecule has 3 heterocycles. The summed E-state index contributed by atoms with van der Waals surface area (Å²) in [6.07, 6.45) is 1.24. The number of thiazole rings is 1. The van der Waals surface area contributed by atoms with Gasteiger partial charge in [-0.3, -0.25) is 4.79 Å². The summed E-state index contributed by atoms with van der Waals surface area (Å²) < 4.78 is 0. The Morgan fingerprint density at radius 2 is 2.39 bits per heavy atom. The van der Waals surface area contributed by atoms with Gasteiger partial charge in [0.25, 0.3) is 0 Å². The summed E-state index contributed by atoms with van der Waals surface area (Å²) in [6, 6.07) is 2.12. The molecule has 0 saturated heterocycles. The summed E-state index contributed by atoms with van der Waals surface area (Å²) in [4.78, 5) is 19.4. The number of aromatic nitrogens is 1. The average Bonchev–Trinajstić information content (AvgIpc) is 3.21. The average molecular weight is 351 g/mol. The maximum Gasteiger partial charge on any atom is 0.243 e. The van der Waals surface area contributed by atoms with E-state index in [1.165, 1.54) is 0 Å². The van der Waals surface area contributed by atoms with Gasteiger partial charge in [-0.2, -0.15) is 11.3 Å². The van der Waals surface area contributed by atoms with E-state index in [2.05, 4.69) is 40.9 Å². The number of hydrogen-bond acceptors (Lipinski definition) is 6. The van der Waals surface area contributed by atoms with Crippen molar-refractivity contribution in [3.8, 4) is 10.6 Å². The number of hydrogen-bond donors (Lipinski definition) is 2. The van der Waals surface area contributed by atoms with Crippen LogP contribution in [0.15, 0.2) is 16.8 Å². The maximum absolute atomic E-state index is 12.5. The Bertz CT molecular complexity index is 667. The predicted molar refractivity (Wildman–Crippen MR) is 95.2 cm³/mol. The molecule has 0 fully saturated rings. The Hall–Kier alpha value is -1.44. The first kappa shape index (κ1) is 16.4. The van der Waals surface area contributed by atoms with E-state index >= 15 is 0 Å². The number of nitrogens with zero attached hydrogens (tertiary/aromatic N) is 2. The van der Waals surface area contributed by atoms with Crippen LogP contribution in [0.1, 0.15) is 26.0 Å². The largest absolute Gasteiger partial charge is 0.396 e. The van der Waals surface area contributed by atoms with Gasteiger partial charge in [-0.1, -0.05) is 11.3 Å². The maximum atomic E-state index is 12.5. The van der Waals surface area contributed by atoms with Gasteiger partial charge in [-0.05, 0) is 31.7 Å². The zero-order valence-corrected chi connectivity index (χ0v) is 14.9. The molecule has 3 rings (SSSR count). The molecule has 0 aromatic carbocycles. The number of fused-ring (bicyclic) bond motifs is 1. The van der Waals surface area contributed by atoms with E-state index in [1.54, 1.807) is 22.7 Å². The second kappa shape index (κ2) is 6.98. The number of aliphatic hydroxyl groups is 1. The SMILES string of the molecule is CC(C)N1c2sc(-c3ccsc3)nc2CC1C(=O)NCCCO. The van der Waals surface area contributed by atoms with E-state index in [4.69, 9.17) is 10.1 Å². The number of thiophene rings is 1. The third-order valence-electron chi connectivity index (χ3n) is 3.89. The normalized spacial score (nSPS) is 16.9. The number of rotatable bonds is 6. The lowest BCUT2D eigenvalue weighted by Crippen LogP contribution is -2.48. The van der Waals surface area contributed by atoms with Crippen LogP contribution in [0.5, 0.6) is 0 Å². The van der Waals surface area contributed by atoms with Crippen molar-refractivity contribution in [3.05, 3.63) is 22.5 Å². The second-order valence-corrected chi connectivity index (χ2v) is 7.63. The van der Waals surface area contributed by atoms with E-state index in [0.717, 1.165) is 21.3 Å². The Morgan fingerprint density at radius 3 is 3.04 bits per heavy atom. The van der Waals surface area contributed by atoms with Crippen LogP contribution < -0.4 is 10.2 Å². The molecule has 124 valence electrons. The summed E-state index contributed by atoms with van der Waals surface area (Å²) >= 11 is 3.33. The third-order valence-corrected chi connectivity index (χ3v) is 5.74. The highest BCUT2D eigenvalue weighted by Crippen LogP contribution is 2.42. The van der Waals surface area contributed by atoms with E-state index in [9.17, 15) is 4.79 Å². The minimum atomic E-state index is -0.195. The summed E-state index contributed by atoms with van der Waals surface area (Å²) in [7, 11) is 0. The minimum Gasteiger partial charge on any atom is -0.396 e. The first-order valence-electron chi connectivity index (χ1n) is 7.81. The second-order valence-electron chi connectivity index (χ2n) is 5.87. The lowest BCUT2D eigenvalue weighted by atomic mass is 10.1. The molecule has 5 nitrogen and oxygen atoms in total. The molecule has 1 aliphatic heterocycles. The fraction of sp³-hybridized carbons (Fsp3) is 0.500. The van der Waals surface area contributed by atoms with Crippen LogP contribution in [0.4, 0.5) is 5.00 Å². The third kappa shape index (κ3) is 3.27. The summed E-state index contributed by atoms with van der Waals surface area (Å²) in [5.74, 6) is 0.0226. The van der Waals surface area contributed by atoms with Crippen LogP contribution in [0.25, 0.3) is 10.6 Å². The van der Waals surface area contributed by atoms with Crippen molar-refractivity contribution in [2.75, 3.05) is 18.1 Å². The van der Waals surface area contributed by atoms with Crippen molar-refractivity contribution >= 4 is 33.6 Å². The zero-order chi connectivity index (χ0) is 16.4. The van der Waals surface area contributed by atoms with Crippen LogP contribution in [0.2, 0.25) is 0 Å². The van der Waals surface area contributed by atoms with Gasteiger partial charge in [0.15, 0.2) is 0 Å². The molecule has 0 saturated carbocycles. The van der Waals surface area contributed by atoms with Gasteiger partial charge in [0.05, 0.1) is 5.69 Å². The van der Waals surface area contributed by atoms with Gasteiger partial charge < -0.3 is 15.3 Å². The molecular weight excluding hydrogens is 330 g/mol. The van der Waals surface area contributed by atoms with Gasteiger partial charge in [0, 0.05) is 36.6 Å². The highest BCUT2D eigenvalue weighted by molar-refractivity contribution is 7.19. The van der Waals surface area contributed by atoms with Crippen molar-refractivity contribution in [2.24, 2.45) is 0 Å².